The number of hydrogen-bond donors (Lipinski definition) is 3. The minimum absolute atomic E-state index is 0.0254. The number of benzene rings is 1. The molecular weight excluding hydrogens is 398 g/mol. The van der Waals surface area contributed by atoms with E-state index in [1.165, 1.54) is 0 Å². The van der Waals surface area contributed by atoms with Crippen LogP contribution in [0.2, 0.25) is 0 Å². The minimum atomic E-state index is -0.920. The van der Waals surface area contributed by atoms with Crippen molar-refractivity contribution in [2.45, 2.75) is 46.6 Å². The normalized spacial score (nSPS) is 12.1. The largest absolute Gasteiger partial charge is 0.490 e. The first-order chi connectivity index (χ1) is 15.0. The molecule has 166 valence electrons. The second-order valence-corrected chi connectivity index (χ2v) is 7.16. The van der Waals surface area contributed by atoms with Crippen LogP contribution in [0.3, 0.4) is 0 Å². The summed E-state index contributed by atoms with van der Waals surface area (Å²) in [5, 5.41) is 25.9. The van der Waals surface area contributed by atoms with Crippen LogP contribution in [0.4, 0.5) is 5.95 Å². The highest BCUT2D eigenvalue weighted by Crippen LogP contribution is 2.31. The number of anilines is 1. The van der Waals surface area contributed by atoms with Gasteiger partial charge in [-0.3, -0.25) is 0 Å². The Kier molecular flexibility index (Phi) is 7.54. The van der Waals surface area contributed by atoms with Gasteiger partial charge in [0.15, 0.2) is 0 Å². The molecule has 2 heterocycles. The van der Waals surface area contributed by atoms with Crippen LogP contribution < -0.4 is 10.1 Å². The molecule has 3 aromatic rings. The van der Waals surface area contributed by atoms with E-state index in [1.807, 2.05) is 45.9 Å². The van der Waals surface area contributed by atoms with Crippen molar-refractivity contribution in [2.24, 2.45) is 0 Å². The van der Waals surface area contributed by atoms with E-state index in [0.717, 1.165) is 35.2 Å². The summed E-state index contributed by atoms with van der Waals surface area (Å²) < 4.78 is 11.2. The fraction of sp³-hybridized carbons (Fsp3) is 0.455. The van der Waals surface area contributed by atoms with Crippen LogP contribution in [-0.2, 0) is 12.8 Å². The molecule has 0 spiro atoms. The number of aromatic nitrogens is 4. The van der Waals surface area contributed by atoms with Gasteiger partial charge in [-0.15, -0.1) is 0 Å². The molecule has 3 rings (SSSR count). The molecule has 0 aliphatic rings. The van der Waals surface area contributed by atoms with Gasteiger partial charge >= 0.3 is 0 Å². The van der Waals surface area contributed by atoms with Crippen molar-refractivity contribution in [1.29, 1.82) is 0 Å². The summed E-state index contributed by atoms with van der Waals surface area (Å²) in [7, 11) is 0. The molecule has 1 aromatic carbocycles. The summed E-state index contributed by atoms with van der Waals surface area (Å²) >= 11 is 0. The highest BCUT2D eigenvalue weighted by molar-refractivity contribution is 5.63. The summed E-state index contributed by atoms with van der Waals surface area (Å²) in [6.07, 6.45) is 0.568. The number of nitrogens with zero attached hydrogens (tertiary/aromatic N) is 4. The van der Waals surface area contributed by atoms with Crippen molar-refractivity contribution in [1.82, 2.24) is 20.1 Å². The molecule has 0 radical (unpaired) electrons. The minimum Gasteiger partial charge on any atom is -0.490 e. The monoisotopic (exact) mass is 427 g/mol. The third-order valence-corrected chi connectivity index (χ3v) is 4.74. The molecular formula is C22H29N5O4. The first kappa shape index (κ1) is 22.6. The fourth-order valence-electron chi connectivity index (χ4n) is 3.15. The quantitative estimate of drug-likeness (QED) is 0.447. The summed E-state index contributed by atoms with van der Waals surface area (Å²) in [4.78, 5) is 13.5. The predicted octanol–water partition coefficient (Wildman–Crippen LogP) is 2.79. The van der Waals surface area contributed by atoms with E-state index < -0.39 is 6.10 Å². The lowest BCUT2D eigenvalue weighted by Gasteiger charge is -2.16. The molecule has 31 heavy (non-hydrogen) atoms. The maximum Gasteiger partial charge on any atom is 0.277 e. The molecule has 3 N–H and O–H groups in total. The summed E-state index contributed by atoms with van der Waals surface area (Å²) in [5.41, 5.74) is 4.10. The number of nitrogens with one attached hydrogen (secondary N) is 1. The Morgan fingerprint density at radius 2 is 1.90 bits per heavy atom. The van der Waals surface area contributed by atoms with Gasteiger partial charge in [-0.05, 0) is 56.0 Å². The van der Waals surface area contributed by atoms with Crippen molar-refractivity contribution >= 4 is 5.95 Å². The van der Waals surface area contributed by atoms with Crippen molar-refractivity contribution < 1.29 is 19.5 Å². The number of aliphatic hydroxyl groups excluding tert-OH is 2. The molecule has 0 bridgehead atoms. The standard InChI is InChI=1S/C22H29N5O4/c1-5-14-9-15(8-13(4)19(14)30-12-17(29)11-28)20-26-21(31-27-20)18-10-16(6-2)24-22(25-18)23-7-3/h8-10,17,28-29H,5-7,11-12H2,1-4H3,(H,23,24,25). The van der Waals surface area contributed by atoms with Gasteiger partial charge in [-0.2, -0.15) is 4.98 Å². The molecule has 9 nitrogen and oxygen atoms in total. The lowest BCUT2D eigenvalue weighted by atomic mass is 10.0. The van der Waals surface area contributed by atoms with Crippen molar-refractivity contribution in [3.63, 3.8) is 0 Å². The Balaban J connectivity index is 1.92. The number of ether oxygens (including phenoxy) is 1. The smallest absolute Gasteiger partial charge is 0.277 e. The molecule has 1 atom stereocenters. The Morgan fingerprint density at radius 1 is 1.10 bits per heavy atom. The van der Waals surface area contributed by atoms with Crippen LogP contribution >= 0.6 is 0 Å². The van der Waals surface area contributed by atoms with Gasteiger partial charge in [0.1, 0.15) is 24.2 Å². The number of aliphatic hydroxyl groups is 2. The third kappa shape index (κ3) is 5.36. The number of rotatable bonds is 10. The van der Waals surface area contributed by atoms with Crippen LogP contribution in [0.15, 0.2) is 22.7 Å². The molecule has 0 aliphatic carbocycles. The van der Waals surface area contributed by atoms with Crippen molar-refractivity contribution in [2.75, 3.05) is 25.1 Å². The molecule has 0 aliphatic heterocycles. The van der Waals surface area contributed by atoms with Crippen LogP contribution in [0.1, 0.15) is 37.6 Å². The third-order valence-electron chi connectivity index (χ3n) is 4.74. The zero-order chi connectivity index (χ0) is 22.4. The van der Waals surface area contributed by atoms with E-state index in [2.05, 4.69) is 25.4 Å². The first-order valence-corrected chi connectivity index (χ1v) is 10.5. The fourth-order valence-corrected chi connectivity index (χ4v) is 3.15. The summed E-state index contributed by atoms with van der Waals surface area (Å²) in [6, 6.07) is 5.71. The van der Waals surface area contributed by atoms with Crippen LogP contribution in [0.25, 0.3) is 23.0 Å². The predicted molar refractivity (Wildman–Crippen MR) is 117 cm³/mol. The molecule has 9 heteroatoms. The van der Waals surface area contributed by atoms with Gasteiger partial charge in [0, 0.05) is 17.8 Å². The average molecular weight is 428 g/mol. The molecule has 2 aromatic heterocycles. The Morgan fingerprint density at radius 3 is 2.58 bits per heavy atom. The van der Waals surface area contributed by atoms with Crippen LogP contribution in [0, 0.1) is 6.92 Å². The van der Waals surface area contributed by atoms with Gasteiger partial charge in [0.2, 0.25) is 11.8 Å². The topological polar surface area (TPSA) is 126 Å². The van der Waals surface area contributed by atoms with Crippen molar-refractivity contribution in [3.05, 3.63) is 35.0 Å². The Labute approximate surface area is 181 Å². The van der Waals surface area contributed by atoms with E-state index in [4.69, 9.17) is 14.4 Å². The molecule has 0 saturated carbocycles. The highest BCUT2D eigenvalue weighted by Gasteiger charge is 2.17. The van der Waals surface area contributed by atoms with Crippen LogP contribution in [0.5, 0.6) is 5.75 Å². The lowest BCUT2D eigenvalue weighted by Crippen LogP contribution is -2.22. The second-order valence-electron chi connectivity index (χ2n) is 7.16. The first-order valence-electron chi connectivity index (χ1n) is 10.5. The highest BCUT2D eigenvalue weighted by atomic mass is 16.5. The Hall–Kier alpha value is -3.04. The average Bonchev–Trinajstić information content (AvgIpc) is 3.28. The molecule has 0 fully saturated rings. The van der Waals surface area contributed by atoms with Crippen molar-refractivity contribution in [3.8, 4) is 28.7 Å². The lowest BCUT2D eigenvalue weighted by molar-refractivity contribution is 0.0531. The molecule has 0 saturated heterocycles. The van der Waals surface area contributed by atoms with Crippen LogP contribution in [-0.4, -0.2) is 56.2 Å². The maximum absolute atomic E-state index is 9.59. The number of aryl methyl sites for hydroxylation is 3. The van der Waals surface area contributed by atoms with E-state index in [9.17, 15) is 5.11 Å². The zero-order valence-corrected chi connectivity index (χ0v) is 18.3. The zero-order valence-electron chi connectivity index (χ0n) is 18.3. The molecule has 0 amide bonds. The Bertz CT molecular complexity index is 1020. The SMILES string of the molecule is CCNc1nc(CC)cc(-c2nc(-c3cc(C)c(OCC(O)CO)c(CC)c3)no2)n1. The summed E-state index contributed by atoms with van der Waals surface area (Å²) in [5.74, 6) is 2.01. The van der Waals surface area contributed by atoms with Gasteiger partial charge in [0.25, 0.3) is 5.89 Å². The number of hydrogen-bond acceptors (Lipinski definition) is 9. The van der Waals surface area contributed by atoms with E-state index in [-0.39, 0.29) is 13.2 Å². The summed E-state index contributed by atoms with van der Waals surface area (Å²) in [6.45, 7) is 8.35. The van der Waals surface area contributed by atoms with Gasteiger partial charge in [-0.1, -0.05) is 19.0 Å². The van der Waals surface area contributed by atoms with Gasteiger partial charge in [0.05, 0.1) is 6.61 Å². The second kappa shape index (κ2) is 10.3. The van der Waals surface area contributed by atoms with Gasteiger partial charge < -0.3 is 24.8 Å². The van der Waals surface area contributed by atoms with E-state index in [0.29, 0.717) is 35.7 Å². The van der Waals surface area contributed by atoms with E-state index >= 15 is 0 Å². The molecule has 1 unspecified atom stereocenters. The van der Waals surface area contributed by atoms with E-state index in [1.54, 1.807) is 0 Å². The maximum atomic E-state index is 9.59. The van der Waals surface area contributed by atoms with Gasteiger partial charge in [-0.25, -0.2) is 9.97 Å².